The van der Waals surface area contributed by atoms with Crippen LogP contribution < -0.4 is 49.2 Å². The molecule has 0 spiro atoms. The van der Waals surface area contributed by atoms with Crippen molar-refractivity contribution in [2.24, 2.45) is 0 Å². The minimum atomic E-state index is -0.0640. The summed E-state index contributed by atoms with van der Waals surface area (Å²) in [5.74, 6) is 0.429. The van der Waals surface area contributed by atoms with Crippen LogP contribution in [0.4, 0.5) is 0 Å². The van der Waals surface area contributed by atoms with E-state index in [1.165, 1.54) is 153 Å². The lowest BCUT2D eigenvalue weighted by Gasteiger charge is -2.45. The monoisotopic (exact) mass is 1010 g/mol. The molecule has 6 heterocycles. The second-order valence-corrected chi connectivity index (χ2v) is 31.2. The highest BCUT2D eigenvalue weighted by Gasteiger charge is 2.53. The maximum Gasteiger partial charge on any atom is 0.252 e. The fraction of sp³-hybridized carbons (Fsp3) is 0.417. The van der Waals surface area contributed by atoms with E-state index < -0.39 is 0 Å². The molecule has 0 atom stereocenters. The third-order valence-electron chi connectivity index (χ3n) is 19.9. The molecule has 0 amide bonds. The molecule has 77 heavy (non-hydrogen) atoms. The normalized spacial score (nSPS) is 16.3. The van der Waals surface area contributed by atoms with Crippen molar-refractivity contribution >= 4 is 113 Å². The third kappa shape index (κ3) is 6.89. The molecule has 1 saturated carbocycles. The molecule has 1 fully saturated rings. The number of fused-ring (bicyclic) bond motifs is 4. The minimum absolute atomic E-state index is 0.0428. The Morgan fingerprint density at radius 3 is 0.896 bits per heavy atom. The average Bonchev–Trinajstić information content (AvgIpc) is 3.11. The van der Waals surface area contributed by atoms with Crippen molar-refractivity contribution in [3.63, 3.8) is 0 Å². The summed E-state index contributed by atoms with van der Waals surface area (Å²) in [6, 6.07) is 41.5. The molecule has 2 aromatic heterocycles. The third-order valence-corrected chi connectivity index (χ3v) is 19.9. The molecule has 0 radical (unpaired) electrons. The van der Waals surface area contributed by atoms with E-state index in [0.717, 1.165) is 0 Å². The molecule has 0 bridgehead atoms. The van der Waals surface area contributed by atoms with E-state index in [1.54, 1.807) is 22.0 Å². The Morgan fingerprint density at radius 2 is 0.610 bits per heavy atom. The molecule has 0 N–H and O–H groups in total. The van der Waals surface area contributed by atoms with Gasteiger partial charge in [-0.3, -0.25) is 0 Å². The molecule has 5 aliphatic rings. The highest BCUT2D eigenvalue weighted by Crippen LogP contribution is 2.46. The smallest absolute Gasteiger partial charge is 0.252 e. The molecule has 5 heteroatoms. The standard InChI is InChI=1S/C72H81B3N2/c1-67(2,3)41-24-28-47(29-25-41)73-53-36-43(69(7,8)9)32-49-51-34-45(71(13,14)15)38-55-63(51)76(61(49)53)65-58(73)57(40-22-20-19-21-23-40)59-66-60(65)75(55)56-39-46(72(16,17)18)35-52-50-33-44(70(10,11)12)37-54(62(50)77(66)64(52)56)74(59)48-30-26-42(27-31-48)68(4,5)6/h24-40H,19-23H2,1-18H3. The zero-order valence-electron chi connectivity index (χ0n) is 50.0. The molecule has 4 aliphatic heterocycles. The maximum absolute atomic E-state index is 2.91. The largest absolute Gasteiger partial charge is 0.311 e. The summed E-state index contributed by atoms with van der Waals surface area (Å²) in [7, 11) is 0. The van der Waals surface area contributed by atoms with E-state index >= 15 is 0 Å². The van der Waals surface area contributed by atoms with Gasteiger partial charge >= 0.3 is 0 Å². The summed E-state index contributed by atoms with van der Waals surface area (Å²) in [6.07, 6.45) is 6.31. The zero-order valence-corrected chi connectivity index (χ0v) is 50.0. The van der Waals surface area contributed by atoms with Crippen molar-refractivity contribution in [1.29, 1.82) is 0 Å². The quantitative estimate of drug-likeness (QED) is 0.156. The SMILES string of the molecule is CC(C)(C)c1ccc(B2c3c(C4CCCCC4)c4c5c6c3-n3c7c2cc(C(C)(C)C)cc7c2cc(C(C)(C)C)cc(c23)B6c2cc(C(C)(C)C)cc3c6cc(C(C)(C)C)cc(c6n-5c23)B4c2ccc(C(C)(C)C)cc2)cc1. The lowest BCUT2D eigenvalue weighted by atomic mass is 9.26. The summed E-state index contributed by atoms with van der Waals surface area (Å²) >= 11 is 0. The average molecular weight is 1010 g/mol. The van der Waals surface area contributed by atoms with Gasteiger partial charge in [-0.15, -0.1) is 0 Å². The van der Waals surface area contributed by atoms with Crippen LogP contribution in [0.15, 0.2) is 97.1 Å². The first-order chi connectivity index (χ1) is 36.0. The molecular formula is C72H81B3N2. The number of rotatable bonds is 3. The van der Waals surface area contributed by atoms with Crippen molar-refractivity contribution in [2.75, 3.05) is 0 Å². The van der Waals surface area contributed by atoms with E-state index in [-0.39, 0.29) is 52.6 Å². The fourth-order valence-electron chi connectivity index (χ4n) is 15.5. The molecule has 7 aromatic carbocycles. The molecule has 2 nitrogen and oxygen atoms in total. The summed E-state index contributed by atoms with van der Waals surface area (Å²) < 4.78 is 5.81. The van der Waals surface area contributed by atoms with Gasteiger partial charge in [-0.1, -0.05) is 233 Å². The molecule has 388 valence electrons. The number of aromatic nitrogens is 2. The summed E-state index contributed by atoms with van der Waals surface area (Å²) in [5.41, 5.74) is 32.3. The summed E-state index contributed by atoms with van der Waals surface area (Å²) in [6.45, 7) is 43.6. The van der Waals surface area contributed by atoms with Crippen LogP contribution in [-0.4, -0.2) is 29.3 Å². The second kappa shape index (κ2) is 15.6. The van der Waals surface area contributed by atoms with E-state index in [1.807, 2.05) is 0 Å². The highest BCUT2D eigenvalue weighted by molar-refractivity contribution is 7.06. The predicted molar refractivity (Wildman–Crippen MR) is 340 cm³/mol. The number of hydrogen-bond acceptors (Lipinski definition) is 0. The Bertz CT molecular complexity index is 3800. The van der Waals surface area contributed by atoms with Gasteiger partial charge in [0.05, 0.1) is 0 Å². The van der Waals surface area contributed by atoms with Gasteiger partial charge in [0.15, 0.2) is 0 Å². The Kier molecular flexibility index (Phi) is 10.0. The first-order valence-electron chi connectivity index (χ1n) is 29.8. The van der Waals surface area contributed by atoms with E-state index in [2.05, 4.69) is 231 Å². The van der Waals surface area contributed by atoms with Crippen LogP contribution in [0.3, 0.4) is 0 Å². The van der Waals surface area contributed by atoms with Crippen LogP contribution in [0.2, 0.25) is 0 Å². The lowest BCUT2D eigenvalue weighted by Crippen LogP contribution is -2.71. The topological polar surface area (TPSA) is 9.86 Å². The van der Waals surface area contributed by atoms with Crippen molar-refractivity contribution < 1.29 is 0 Å². The van der Waals surface area contributed by atoms with Crippen LogP contribution in [0, 0.1) is 0 Å². The Hall–Kier alpha value is -5.67. The molecule has 0 saturated heterocycles. The lowest BCUT2D eigenvalue weighted by molar-refractivity contribution is 0.446. The number of nitrogens with zero attached hydrogens (tertiary/aromatic N) is 2. The van der Waals surface area contributed by atoms with Gasteiger partial charge in [0.1, 0.15) is 0 Å². The highest BCUT2D eigenvalue weighted by atomic mass is 15.1. The second-order valence-electron chi connectivity index (χ2n) is 31.2. The molecule has 14 rings (SSSR count). The zero-order chi connectivity index (χ0) is 54.3. The van der Waals surface area contributed by atoms with E-state index in [4.69, 9.17) is 0 Å². The predicted octanol–water partition coefficient (Wildman–Crippen LogP) is 12.5. The van der Waals surface area contributed by atoms with Gasteiger partial charge in [-0.05, 0) is 147 Å². The fourth-order valence-corrected chi connectivity index (χ4v) is 15.5. The Morgan fingerprint density at radius 1 is 0.325 bits per heavy atom. The first-order valence-corrected chi connectivity index (χ1v) is 29.8. The summed E-state index contributed by atoms with van der Waals surface area (Å²) in [5, 5.41) is 5.70. The van der Waals surface area contributed by atoms with E-state index in [0.29, 0.717) is 5.92 Å². The van der Waals surface area contributed by atoms with Crippen LogP contribution in [0.25, 0.3) is 55.0 Å². The van der Waals surface area contributed by atoms with Crippen LogP contribution in [-0.2, 0) is 32.5 Å². The minimum Gasteiger partial charge on any atom is -0.311 e. The van der Waals surface area contributed by atoms with Crippen molar-refractivity contribution in [3.05, 3.63) is 136 Å². The Labute approximate surface area is 462 Å². The molecule has 0 unspecified atom stereocenters. The van der Waals surface area contributed by atoms with Gasteiger partial charge in [-0.2, -0.15) is 0 Å². The van der Waals surface area contributed by atoms with Gasteiger partial charge in [0.25, 0.3) is 6.71 Å². The molecule has 9 aromatic rings. The molecular weight excluding hydrogens is 925 g/mol. The van der Waals surface area contributed by atoms with Gasteiger partial charge in [-0.25, -0.2) is 0 Å². The van der Waals surface area contributed by atoms with Gasteiger partial charge in [0, 0.05) is 55.0 Å². The van der Waals surface area contributed by atoms with Crippen molar-refractivity contribution in [2.45, 2.75) is 195 Å². The summed E-state index contributed by atoms with van der Waals surface area (Å²) in [4.78, 5) is 0. The van der Waals surface area contributed by atoms with Gasteiger partial charge < -0.3 is 9.13 Å². The van der Waals surface area contributed by atoms with Crippen molar-refractivity contribution in [1.82, 2.24) is 9.13 Å². The van der Waals surface area contributed by atoms with Crippen LogP contribution in [0.1, 0.15) is 202 Å². The number of benzene rings is 7. The first kappa shape index (κ1) is 49.6. The Balaban J connectivity index is 1.29. The van der Waals surface area contributed by atoms with Gasteiger partial charge in [0.2, 0.25) is 13.4 Å². The van der Waals surface area contributed by atoms with Crippen LogP contribution in [0.5, 0.6) is 0 Å². The molecule has 1 aliphatic carbocycles. The number of hydrogen-bond donors (Lipinski definition) is 0. The van der Waals surface area contributed by atoms with E-state index in [9.17, 15) is 0 Å². The maximum atomic E-state index is 2.91. The van der Waals surface area contributed by atoms with Crippen LogP contribution >= 0.6 is 0 Å². The van der Waals surface area contributed by atoms with Crippen molar-refractivity contribution in [3.8, 4) is 11.4 Å².